The lowest BCUT2D eigenvalue weighted by atomic mass is 9.98. The molecule has 3 N–H and O–H groups in total. The molecule has 1 aromatic heterocycles. The second-order valence-corrected chi connectivity index (χ2v) is 5.88. The molecular formula is C11H10Br2F3N5. The summed E-state index contributed by atoms with van der Waals surface area (Å²) in [7, 11) is 1.57. The Hall–Kier alpha value is -0.970. The number of hydrogen-bond acceptors (Lipinski definition) is 4. The molecule has 10 heteroatoms. The molecule has 0 radical (unpaired) electrons. The van der Waals surface area contributed by atoms with Crippen LogP contribution >= 0.6 is 31.9 Å². The first-order chi connectivity index (χ1) is 9.75. The number of halogens is 5. The summed E-state index contributed by atoms with van der Waals surface area (Å²) in [6.45, 7) is 0. The van der Waals surface area contributed by atoms with Crippen molar-refractivity contribution in [2.45, 2.75) is 12.2 Å². The van der Waals surface area contributed by atoms with Gasteiger partial charge in [0.05, 0.1) is 17.3 Å². The van der Waals surface area contributed by atoms with Crippen molar-refractivity contribution in [2.75, 3.05) is 0 Å². The maximum absolute atomic E-state index is 13.2. The van der Waals surface area contributed by atoms with Crippen LogP contribution in [0.3, 0.4) is 0 Å². The van der Waals surface area contributed by atoms with Crippen LogP contribution in [0.2, 0.25) is 0 Å². The van der Waals surface area contributed by atoms with Crippen LogP contribution in [0.1, 0.15) is 22.9 Å². The highest BCUT2D eigenvalue weighted by Crippen LogP contribution is 2.38. The van der Waals surface area contributed by atoms with Crippen molar-refractivity contribution in [2.24, 2.45) is 12.9 Å². The predicted molar refractivity (Wildman–Crippen MR) is 77.0 cm³/mol. The van der Waals surface area contributed by atoms with Crippen LogP contribution in [0.4, 0.5) is 13.2 Å². The Balaban J connectivity index is 2.64. The van der Waals surface area contributed by atoms with Crippen molar-refractivity contribution in [3.63, 3.8) is 0 Å². The number of nitrogens with two attached hydrogens (primary N) is 1. The van der Waals surface area contributed by atoms with E-state index in [1.165, 1.54) is 16.8 Å². The predicted octanol–water partition coefficient (Wildman–Crippen LogP) is 2.91. The van der Waals surface area contributed by atoms with E-state index in [1.807, 2.05) is 0 Å². The molecule has 114 valence electrons. The van der Waals surface area contributed by atoms with Gasteiger partial charge in [-0.2, -0.15) is 13.2 Å². The molecule has 1 unspecified atom stereocenters. The monoisotopic (exact) mass is 427 g/mol. The van der Waals surface area contributed by atoms with E-state index in [1.54, 1.807) is 7.05 Å². The van der Waals surface area contributed by atoms with Crippen molar-refractivity contribution in [1.82, 2.24) is 20.4 Å². The zero-order valence-corrected chi connectivity index (χ0v) is 13.8. The lowest BCUT2D eigenvalue weighted by molar-refractivity contribution is -0.138. The minimum atomic E-state index is -4.51. The molecule has 0 aliphatic rings. The zero-order valence-electron chi connectivity index (χ0n) is 10.6. The molecule has 0 aliphatic carbocycles. The van der Waals surface area contributed by atoms with Gasteiger partial charge in [-0.05, 0) is 33.6 Å². The molecule has 0 fully saturated rings. The fraction of sp³-hybridized carbons (Fsp3) is 0.273. The first-order valence-corrected chi connectivity index (χ1v) is 7.22. The van der Waals surface area contributed by atoms with E-state index in [2.05, 4.69) is 47.6 Å². The number of benzene rings is 1. The Morgan fingerprint density at radius 2 is 2.00 bits per heavy atom. The number of nitrogens with zero attached hydrogens (tertiary/aromatic N) is 3. The Labute approximate surface area is 134 Å². The van der Waals surface area contributed by atoms with E-state index < -0.39 is 17.8 Å². The van der Waals surface area contributed by atoms with Gasteiger partial charge in [-0.15, -0.1) is 5.10 Å². The molecule has 21 heavy (non-hydrogen) atoms. The Kier molecular flexibility index (Phi) is 4.71. The summed E-state index contributed by atoms with van der Waals surface area (Å²) < 4.78 is 41.7. The number of hydrazine groups is 1. The number of aryl methyl sites for hydroxylation is 1. The summed E-state index contributed by atoms with van der Waals surface area (Å²) in [4.78, 5) is 0. The summed E-state index contributed by atoms with van der Waals surface area (Å²) in [5.41, 5.74) is 1.98. The SMILES string of the molecule is Cn1nnc(Br)c1C(NN)c1ccc(Br)cc1C(F)(F)F. The van der Waals surface area contributed by atoms with Crippen LogP contribution in [0.25, 0.3) is 0 Å². The average Bonchev–Trinajstić information content (AvgIpc) is 2.72. The van der Waals surface area contributed by atoms with Crippen LogP contribution in [0.5, 0.6) is 0 Å². The van der Waals surface area contributed by atoms with Gasteiger partial charge in [-0.1, -0.05) is 27.2 Å². The highest BCUT2D eigenvalue weighted by molar-refractivity contribution is 9.10. The molecule has 2 aromatic rings. The molecule has 1 aromatic carbocycles. The molecule has 5 nitrogen and oxygen atoms in total. The summed E-state index contributed by atoms with van der Waals surface area (Å²) >= 11 is 6.21. The number of aromatic nitrogens is 3. The van der Waals surface area contributed by atoms with Crippen molar-refractivity contribution in [3.8, 4) is 0 Å². The lowest BCUT2D eigenvalue weighted by Crippen LogP contribution is -2.32. The first-order valence-electron chi connectivity index (χ1n) is 5.63. The standard InChI is InChI=1S/C11H10Br2F3N5/c1-21-9(10(13)19-20-21)8(18-17)6-3-2-5(12)4-7(6)11(14,15)16/h2-4,8,18H,17H2,1H3. The normalized spacial score (nSPS) is 13.5. The maximum Gasteiger partial charge on any atom is 0.416 e. The Bertz CT molecular complexity index is 636. The smallest absolute Gasteiger partial charge is 0.271 e. The maximum atomic E-state index is 13.2. The zero-order chi connectivity index (χ0) is 15.8. The van der Waals surface area contributed by atoms with E-state index >= 15 is 0 Å². The van der Waals surface area contributed by atoms with Gasteiger partial charge in [-0.3, -0.25) is 5.84 Å². The Morgan fingerprint density at radius 1 is 1.33 bits per heavy atom. The molecule has 0 aliphatic heterocycles. The minimum Gasteiger partial charge on any atom is -0.271 e. The fourth-order valence-electron chi connectivity index (χ4n) is 1.99. The third-order valence-corrected chi connectivity index (χ3v) is 3.96. The second kappa shape index (κ2) is 6.03. The number of rotatable bonds is 3. The van der Waals surface area contributed by atoms with Crippen molar-refractivity contribution in [1.29, 1.82) is 0 Å². The lowest BCUT2D eigenvalue weighted by Gasteiger charge is -2.21. The third kappa shape index (κ3) is 3.28. The second-order valence-electron chi connectivity index (χ2n) is 4.22. The van der Waals surface area contributed by atoms with Gasteiger partial charge in [0.25, 0.3) is 0 Å². The number of alkyl halides is 3. The quantitative estimate of drug-likeness (QED) is 0.582. The van der Waals surface area contributed by atoms with Crippen molar-refractivity contribution < 1.29 is 13.2 Å². The highest BCUT2D eigenvalue weighted by Gasteiger charge is 2.36. The molecule has 2 rings (SSSR count). The van der Waals surface area contributed by atoms with E-state index in [-0.39, 0.29) is 5.56 Å². The van der Waals surface area contributed by atoms with Crippen LogP contribution in [0.15, 0.2) is 27.3 Å². The van der Waals surface area contributed by atoms with Crippen LogP contribution in [-0.4, -0.2) is 15.0 Å². The summed E-state index contributed by atoms with van der Waals surface area (Å²) in [5.74, 6) is 5.47. The number of hydrogen-bond donors (Lipinski definition) is 2. The topological polar surface area (TPSA) is 68.8 Å². The van der Waals surface area contributed by atoms with Gasteiger partial charge in [-0.25, -0.2) is 10.1 Å². The van der Waals surface area contributed by atoms with E-state index in [4.69, 9.17) is 5.84 Å². The van der Waals surface area contributed by atoms with Gasteiger partial charge in [0.15, 0.2) is 4.60 Å². The van der Waals surface area contributed by atoms with E-state index in [0.29, 0.717) is 14.8 Å². The molecule has 1 heterocycles. The molecule has 1 atom stereocenters. The minimum absolute atomic E-state index is 0.0145. The molecule has 0 amide bonds. The first kappa shape index (κ1) is 16.4. The van der Waals surface area contributed by atoms with Crippen LogP contribution in [0, 0.1) is 0 Å². The largest absolute Gasteiger partial charge is 0.416 e. The van der Waals surface area contributed by atoms with Crippen molar-refractivity contribution >= 4 is 31.9 Å². The van der Waals surface area contributed by atoms with E-state index in [9.17, 15) is 13.2 Å². The van der Waals surface area contributed by atoms with Gasteiger partial charge in [0, 0.05) is 11.5 Å². The number of nitrogens with one attached hydrogen (secondary N) is 1. The Morgan fingerprint density at radius 3 is 2.48 bits per heavy atom. The molecule has 0 saturated heterocycles. The van der Waals surface area contributed by atoms with Crippen molar-refractivity contribution in [3.05, 3.63) is 44.1 Å². The van der Waals surface area contributed by atoms with Gasteiger partial charge >= 0.3 is 6.18 Å². The van der Waals surface area contributed by atoms with Crippen LogP contribution < -0.4 is 11.3 Å². The summed E-state index contributed by atoms with van der Waals surface area (Å²) in [6, 6.07) is 2.98. The summed E-state index contributed by atoms with van der Waals surface area (Å²) in [6.07, 6.45) is -4.51. The third-order valence-electron chi connectivity index (χ3n) is 2.90. The van der Waals surface area contributed by atoms with Gasteiger partial charge < -0.3 is 0 Å². The van der Waals surface area contributed by atoms with Gasteiger partial charge in [0.2, 0.25) is 0 Å². The highest BCUT2D eigenvalue weighted by atomic mass is 79.9. The van der Waals surface area contributed by atoms with Crippen LogP contribution in [-0.2, 0) is 13.2 Å². The fourth-order valence-corrected chi connectivity index (χ4v) is 2.90. The molecular weight excluding hydrogens is 419 g/mol. The molecule has 0 spiro atoms. The summed E-state index contributed by atoms with van der Waals surface area (Å²) in [5, 5.41) is 7.52. The van der Waals surface area contributed by atoms with Gasteiger partial charge in [0.1, 0.15) is 0 Å². The average molecular weight is 429 g/mol. The van der Waals surface area contributed by atoms with E-state index in [0.717, 1.165) is 6.07 Å². The molecule has 0 bridgehead atoms. The molecule has 0 saturated carbocycles.